The number of primary sulfonamides is 1. The highest BCUT2D eigenvalue weighted by Crippen LogP contribution is 2.41. The second-order valence-corrected chi connectivity index (χ2v) is 9.47. The average Bonchev–Trinajstić information content (AvgIpc) is 3.10. The van der Waals surface area contributed by atoms with E-state index in [0.29, 0.717) is 17.7 Å². The van der Waals surface area contributed by atoms with Crippen LogP contribution in [-0.4, -0.2) is 21.2 Å². The summed E-state index contributed by atoms with van der Waals surface area (Å²) in [7, 11) is -2.48. The Hall–Kier alpha value is -3.29. The molecule has 0 bridgehead atoms. The lowest BCUT2D eigenvalue weighted by Gasteiger charge is -2.25. The first-order chi connectivity index (χ1) is 15.3. The van der Waals surface area contributed by atoms with Gasteiger partial charge in [0, 0.05) is 17.9 Å². The molecule has 0 radical (unpaired) electrons. The lowest BCUT2D eigenvalue weighted by Crippen LogP contribution is -2.23. The summed E-state index contributed by atoms with van der Waals surface area (Å²) in [5.41, 5.74) is 1.42. The number of methoxy groups -OCH3 is 1. The number of rotatable bonds is 7. The molecular weight excluding hydrogens is 422 g/mol. The maximum atomic E-state index is 12.5. The summed E-state index contributed by atoms with van der Waals surface area (Å²) in [6, 6.07) is 20.5. The van der Waals surface area contributed by atoms with Crippen molar-refractivity contribution in [2.45, 2.75) is 29.8 Å². The molecule has 4 rings (SSSR count). The molecule has 0 aromatic heterocycles. The number of para-hydroxylation sites is 2. The number of hydrogen-bond donors (Lipinski definition) is 1. The van der Waals surface area contributed by atoms with Gasteiger partial charge in [0.2, 0.25) is 10.0 Å². The third-order valence-corrected chi connectivity index (χ3v) is 6.55. The zero-order valence-corrected chi connectivity index (χ0v) is 18.8. The summed E-state index contributed by atoms with van der Waals surface area (Å²) in [6.45, 7) is 5.90. The van der Waals surface area contributed by atoms with Crippen LogP contribution in [0.25, 0.3) is 0 Å². The molecule has 6 nitrogen and oxygen atoms in total. The maximum absolute atomic E-state index is 12.5. The molecule has 0 saturated heterocycles. The Kier molecular flexibility index (Phi) is 5.71. The molecule has 1 heterocycles. The van der Waals surface area contributed by atoms with Crippen molar-refractivity contribution < 1.29 is 13.2 Å². The van der Waals surface area contributed by atoms with Crippen molar-refractivity contribution in [2.75, 3.05) is 7.11 Å². The van der Waals surface area contributed by atoms with Gasteiger partial charge >= 0.3 is 0 Å². The lowest BCUT2D eigenvalue weighted by atomic mass is 9.88. The number of benzene rings is 3. The molecule has 0 aliphatic carbocycles. The van der Waals surface area contributed by atoms with E-state index in [1.165, 1.54) is 13.2 Å². The molecule has 3 aromatic rings. The predicted octanol–water partition coefficient (Wildman–Crippen LogP) is 2.87. The largest absolute Gasteiger partial charge is 0.496 e. The number of fused-ring (bicyclic) bond motifs is 1. The van der Waals surface area contributed by atoms with Crippen LogP contribution in [0.5, 0.6) is 5.75 Å². The molecule has 164 valence electrons. The average molecular weight is 448 g/mol. The van der Waals surface area contributed by atoms with Crippen LogP contribution in [0.2, 0.25) is 0 Å². The van der Waals surface area contributed by atoms with E-state index in [0.717, 1.165) is 21.8 Å². The molecular formula is C25H25N3O3S. The van der Waals surface area contributed by atoms with Crippen molar-refractivity contribution in [3.8, 4) is 5.75 Å². The van der Waals surface area contributed by atoms with Crippen molar-refractivity contribution in [2.24, 2.45) is 15.1 Å². The molecule has 1 aliphatic heterocycles. The number of nitrogens with zero attached hydrogens (tertiary/aromatic N) is 2. The highest BCUT2D eigenvalue weighted by Gasteiger charge is 2.31. The topological polar surface area (TPSA) is 94.1 Å². The van der Waals surface area contributed by atoms with Gasteiger partial charge in [0.15, 0.2) is 5.66 Å². The summed E-state index contributed by atoms with van der Waals surface area (Å²) in [6.07, 6.45) is 2.13. The Bertz CT molecular complexity index is 1370. The minimum Gasteiger partial charge on any atom is -0.496 e. The van der Waals surface area contributed by atoms with E-state index in [1.807, 2.05) is 61.5 Å². The molecule has 3 aromatic carbocycles. The van der Waals surface area contributed by atoms with E-state index in [2.05, 4.69) is 6.58 Å². The summed E-state index contributed by atoms with van der Waals surface area (Å²) < 4.78 is 30.8. The van der Waals surface area contributed by atoms with Crippen LogP contribution in [0.4, 0.5) is 0 Å². The second kappa shape index (κ2) is 8.33. The number of ether oxygens (including phenoxy) is 1. The standard InChI is InChI=1S/C25H25N3O3S/c1-4-19(17-10-6-5-7-11-17)23-22(32(26,29)30)15-14-18(24(23)31-3)16-25(2)27-20-12-8-9-13-21(20)28-25/h4-15,19H,1,16H2,2-3H3,(H2,26,29,30). The molecule has 0 saturated carbocycles. The van der Waals surface area contributed by atoms with Gasteiger partial charge in [-0.3, -0.25) is 9.98 Å². The van der Waals surface area contributed by atoms with Crippen LogP contribution in [-0.2, 0) is 16.4 Å². The first kappa shape index (κ1) is 21.9. The van der Waals surface area contributed by atoms with Crippen LogP contribution in [0.15, 0.2) is 94.3 Å². The summed E-state index contributed by atoms with van der Waals surface area (Å²) in [5.74, 6) is 0.0229. The highest BCUT2D eigenvalue weighted by molar-refractivity contribution is 7.89. The van der Waals surface area contributed by atoms with E-state index >= 15 is 0 Å². The van der Waals surface area contributed by atoms with Gasteiger partial charge in [0.1, 0.15) is 5.75 Å². The molecule has 1 unspecified atom stereocenters. The number of allylic oxidation sites excluding steroid dienone is 1. The third kappa shape index (κ3) is 4.09. The Morgan fingerprint density at radius 3 is 2.16 bits per heavy atom. The third-order valence-electron chi connectivity index (χ3n) is 5.58. The molecule has 1 atom stereocenters. The van der Waals surface area contributed by atoms with Crippen molar-refractivity contribution >= 4 is 10.0 Å². The van der Waals surface area contributed by atoms with E-state index in [-0.39, 0.29) is 4.90 Å². The quantitative estimate of drug-likeness (QED) is 0.564. The molecule has 0 amide bonds. The lowest BCUT2D eigenvalue weighted by molar-refractivity contribution is 0.393. The van der Waals surface area contributed by atoms with Gasteiger partial charge < -0.3 is 4.74 Å². The number of hydrogen-bond acceptors (Lipinski definition) is 5. The first-order valence-electron chi connectivity index (χ1n) is 10.2. The van der Waals surface area contributed by atoms with Gasteiger partial charge in [-0.2, -0.15) is 0 Å². The van der Waals surface area contributed by atoms with Crippen LogP contribution < -0.4 is 20.6 Å². The van der Waals surface area contributed by atoms with Crippen LogP contribution in [0.1, 0.15) is 29.5 Å². The zero-order valence-electron chi connectivity index (χ0n) is 18.0. The van der Waals surface area contributed by atoms with Crippen molar-refractivity contribution in [1.82, 2.24) is 0 Å². The normalized spacial score (nSPS) is 15.2. The van der Waals surface area contributed by atoms with Gasteiger partial charge in [-0.05, 0) is 36.2 Å². The monoisotopic (exact) mass is 447 g/mol. The van der Waals surface area contributed by atoms with Crippen molar-refractivity contribution in [3.05, 3.63) is 107 Å². The van der Waals surface area contributed by atoms with E-state index in [4.69, 9.17) is 19.9 Å². The molecule has 7 heteroatoms. The number of nitrogens with two attached hydrogens (primary N) is 1. The summed E-state index contributed by atoms with van der Waals surface area (Å²) >= 11 is 0. The maximum Gasteiger partial charge on any atom is 0.238 e. The predicted molar refractivity (Wildman–Crippen MR) is 124 cm³/mol. The molecule has 1 aliphatic rings. The van der Waals surface area contributed by atoms with Gasteiger partial charge in [0.05, 0.1) is 22.7 Å². The van der Waals surface area contributed by atoms with E-state index in [9.17, 15) is 8.42 Å². The first-order valence-corrected chi connectivity index (χ1v) is 11.8. The molecule has 2 N–H and O–H groups in total. The Morgan fingerprint density at radius 2 is 1.62 bits per heavy atom. The molecule has 0 spiro atoms. The fraction of sp³-hybridized carbons (Fsp3) is 0.200. The van der Waals surface area contributed by atoms with Gasteiger partial charge in [-0.25, -0.2) is 13.6 Å². The highest BCUT2D eigenvalue weighted by atomic mass is 32.2. The fourth-order valence-corrected chi connectivity index (χ4v) is 5.05. The van der Waals surface area contributed by atoms with Gasteiger partial charge in [-0.1, -0.05) is 54.6 Å². The Labute approximate surface area is 187 Å². The van der Waals surface area contributed by atoms with Crippen LogP contribution in [0, 0.1) is 0 Å². The smallest absolute Gasteiger partial charge is 0.238 e. The SMILES string of the molecule is C=CC(c1ccccc1)c1c(S(N)(=O)=O)ccc(CC2(C)N=c3ccccc3=N2)c1OC. The fourth-order valence-electron chi connectivity index (χ4n) is 4.27. The van der Waals surface area contributed by atoms with Crippen molar-refractivity contribution in [1.29, 1.82) is 0 Å². The Balaban J connectivity index is 1.90. The van der Waals surface area contributed by atoms with Gasteiger partial charge in [0.25, 0.3) is 0 Å². The van der Waals surface area contributed by atoms with Gasteiger partial charge in [-0.15, -0.1) is 6.58 Å². The minimum atomic E-state index is -4.01. The van der Waals surface area contributed by atoms with Crippen molar-refractivity contribution in [3.63, 3.8) is 0 Å². The zero-order chi connectivity index (χ0) is 22.9. The van der Waals surface area contributed by atoms with E-state index in [1.54, 1.807) is 12.1 Å². The number of sulfonamides is 1. The van der Waals surface area contributed by atoms with Crippen LogP contribution >= 0.6 is 0 Å². The summed E-state index contributed by atoms with van der Waals surface area (Å²) in [4.78, 5) is 9.60. The Morgan fingerprint density at radius 1 is 1.03 bits per heavy atom. The molecule has 32 heavy (non-hydrogen) atoms. The summed E-state index contributed by atoms with van der Waals surface area (Å²) in [5, 5.41) is 7.27. The van der Waals surface area contributed by atoms with E-state index < -0.39 is 21.6 Å². The second-order valence-electron chi connectivity index (χ2n) is 7.94. The van der Waals surface area contributed by atoms with Crippen LogP contribution in [0.3, 0.4) is 0 Å². The minimum absolute atomic E-state index is 0.0144. The molecule has 0 fully saturated rings.